The number of halogens is 1. The van der Waals surface area contributed by atoms with E-state index < -0.39 is 25.0 Å². The number of benzene rings is 2. The number of phenolic OH excluding ortho intramolecular Hbond substituents is 2. The number of carbonyl (C=O) groups is 1. The number of nitrogens with zero attached hydrogens (tertiary/aromatic N) is 1. The van der Waals surface area contributed by atoms with Gasteiger partial charge in [-0.25, -0.2) is 0 Å². The molecule has 0 aliphatic rings. The van der Waals surface area contributed by atoms with E-state index in [0.29, 0.717) is 0 Å². The van der Waals surface area contributed by atoms with Gasteiger partial charge in [0.2, 0.25) is 0 Å². The van der Waals surface area contributed by atoms with E-state index in [0.717, 1.165) is 6.07 Å². The Morgan fingerprint density at radius 3 is 2.27 bits per heavy atom. The molecule has 0 aromatic heterocycles. The largest absolute Gasteiger partial charge is 0.502 e. The van der Waals surface area contributed by atoms with Crippen molar-refractivity contribution in [2.75, 3.05) is 5.32 Å². The molecule has 140 valence electrons. The van der Waals surface area contributed by atoms with Crippen molar-refractivity contribution in [2.24, 2.45) is 0 Å². The summed E-state index contributed by atoms with van der Waals surface area (Å²) < 4.78 is 28.8. The first-order chi connectivity index (χ1) is 11.9. The molecule has 0 atom stereocenters. The van der Waals surface area contributed by atoms with Crippen LogP contribution in [0.1, 0.15) is 6.92 Å². The van der Waals surface area contributed by atoms with Crippen LogP contribution in [-0.2, 0) is 8.53 Å². The fourth-order valence-electron chi connectivity index (χ4n) is 1.72. The number of hydrogen-bond donors (Lipinski definition) is 5. The molecule has 5 N–H and O–H groups in total. The molecule has 26 heavy (non-hydrogen) atoms. The zero-order chi connectivity index (χ0) is 20.1. The van der Waals surface area contributed by atoms with Crippen LogP contribution >= 0.6 is 11.6 Å². The summed E-state index contributed by atoms with van der Waals surface area (Å²) in [7, 11) is 0. The third-order valence-corrected chi connectivity index (χ3v) is 5.10. The number of hydrogen-bond acceptors (Lipinski definition) is 6. The summed E-state index contributed by atoms with van der Waals surface area (Å²) in [4.78, 5) is 20.2. The van der Waals surface area contributed by atoms with Gasteiger partial charge in [0.25, 0.3) is 0 Å². The van der Waals surface area contributed by atoms with Crippen LogP contribution in [0.3, 0.4) is 0 Å². The summed E-state index contributed by atoms with van der Waals surface area (Å²) in [5.74, 6) is -1.26. The predicted molar refractivity (Wildman–Crippen MR) is 92.7 cm³/mol. The predicted octanol–water partition coefficient (Wildman–Crippen LogP) is 0.865. The molecule has 12 heteroatoms. The molecule has 0 fully saturated rings. The molecule has 1 amide bonds. The first-order valence-electron chi connectivity index (χ1n) is 6.72. The van der Waals surface area contributed by atoms with Crippen molar-refractivity contribution in [1.29, 1.82) is 0 Å². The molecule has 0 saturated carbocycles. The smallest absolute Gasteiger partial charge is 0.312 e. The maximum absolute atomic E-state index is 11.1. The second kappa shape index (κ2) is 8.72. The maximum atomic E-state index is 11.1. The Bertz CT molecular complexity index is 883. The number of aromatic hydroxyl groups is 2. The summed E-state index contributed by atoms with van der Waals surface area (Å²) in [6.45, 7) is 1.18. The Morgan fingerprint density at radius 2 is 1.81 bits per heavy atom. The quantitative estimate of drug-likeness (QED) is 0.199. The van der Waals surface area contributed by atoms with Crippen LogP contribution in [-0.4, -0.2) is 43.4 Å². The fraction of sp³-hybridized carbons (Fsp3) is 0.0714. The summed E-state index contributed by atoms with van der Waals surface area (Å²) in [5.41, 5.74) is -0.602. The van der Waals surface area contributed by atoms with Crippen molar-refractivity contribution in [3.63, 3.8) is 0 Å². The van der Waals surface area contributed by atoms with E-state index in [1.54, 1.807) is 0 Å². The van der Waals surface area contributed by atoms with Crippen molar-refractivity contribution >= 4 is 47.4 Å². The molecule has 0 spiro atoms. The third kappa shape index (κ3) is 6.08. The van der Waals surface area contributed by atoms with Gasteiger partial charge in [-0.2, -0.15) is 0 Å². The molecule has 0 unspecified atom stereocenters. The van der Waals surface area contributed by atoms with Gasteiger partial charge in [-0.1, -0.05) is 11.6 Å². The molecule has 0 saturated heterocycles. The first-order valence-corrected chi connectivity index (χ1v) is 10.5. The summed E-state index contributed by atoms with van der Waals surface area (Å²) >= 11 is 0.303. The van der Waals surface area contributed by atoms with Crippen molar-refractivity contribution in [3.8, 4) is 11.5 Å². The second-order valence-corrected chi connectivity index (χ2v) is 8.52. The fourth-order valence-corrected chi connectivity index (χ4v) is 3.44. The van der Waals surface area contributed by atoms with E-state index in [-0.39, 0.29) is 32.2 Å². The molecule has 0 aliphatic heterocycles. The minimum Gasteiger partial charge on any atom is -0.502 e. The number of amides is 1. The Labute approximate surface area is 154 Å². The van der Waals surface area contributed by atoms with Gasteiger partial charge in [-0.15, -0.1) is 0 Å². The number of phenols is 2. The molecule has 0 heterocycles. The van der Waals surface area contributed by atoms with Gasteiger partial charge in [-0.3, -0.25) is 10.1 Å². The molecule has 10 nitrogen and oxygen atoms in total. The van der Waals surface area contributed by atoms with E-state index in [9.17, 15) is 23.8 Å². The van der Waals surface area contributed by atoms with Crippen LogP contribution in [0.15, 0.2) is 36.4 Å². The number of rotatable bonds is 3. The van der Waals surface area contributed by atoms with Crippen LogP contribution in [0.25, 0.3) is 0 Å². The first kappa shape index (κ1) is 21.5. The summed E-state index contributed by atoms with van der Waals surface area (Å²) in [6, 6.07) is 7.36. The van der Waals surface area contributed by atoms with E-state index in [2.05, 4.69) is 5.32 Å². The molecule has 0 bridgehead atoms. The average Bonchev–Trinajstić information content (AvgIpc) is 2.50. The van der Waals surface area contributed by atoms with Crippen LogP contribution in [0.4, 0.5) is 11.4 Å². The zero-order valence-corrected chi connectivity index (χ0v) is 15.8. The molecule has 0 aliphatic carbocycles. The van der Waals surface area contributed by atoms with Gasteiger partial charge < -0.3 is 5.11 Å². The van der Waals surface area contributed by atoms with Crippen molar-refractivity contribution < 1.29 is 31.9 Å². The van der Waals surface area contributed by atoms with Gasteiger partial charge in [0.15, 0.2) is 5.75 Å². The minimum absolute atomic E-state index is 0.225. The van der Waals surface area contributed by atoms with Crippen LogP contribution < -0.4 is 9.67 Å². The van der Waals surface area contributed by atoms with Crippen LogP contribution in [0, 0.1) is 10.1 Å². The normalized spacial score (nSPS) is 10.5. The Kier molecular flexibility index (Phi) is 7.22. The monoisotopic (exact) mass is 448 g/mol. The number of nitro groups is 1. The van der Waals surface area contributed by atoms with E-state index in [1.807, 2.05) is 0 Å². The van der Waals surface area contributed by atoms with E-state index in [4.69, 9.17) is 24.9 Å². The summed E-state index contributed by atoms with van der Waals surface area (Å²) in [5, 5.41) is 30.8. The Morgan fingerprint density at radius 1 is 1.19 bits per heavy atom. The van der Waals surface area contributed by atoms with Crippen molar-refractivity contribution in [2.45, 2.75) is 6.92 Å². The Balaban J connectivity index is 0.000000273. The third-order valence-electron chi connectivity index (χ3n) is 2.77. The van der Waals surface area contributed by atoms with Crippen molar-refractivity contribution in [1.82, 2.24) is 0 Å². The average molecular weight is 449 g/mol. The maximum Gasteiger partial charge on any atom is 0.312 e. The molecular weight excluding hydrogens is 435 g/mol. The number of nitro benzene ring substituents is 1. The van der Waals surface area contributed by atoms with Gasteiger partial charge in [0.1, 0.15) is 0 Å². The number of para-hydroxylation sites is 1. The molecule has 2 aromatic rings. The van der Waals surface area contributed by atoms with Gasteiger partial charge in [0, 0.05) is 11.1 Å². The Hall–Kier alpha value is -2.52. The standard InChI is InChI=1S/C8H10AsNO5.C6H4ClNO3/c1-5(11)10-8-6(9(13,14)15)3-2-4-7(8)12;7-4-1-2-6(9)5(3-4)8(10)11/h2-4,12H,1H3,(H,10,11)(H2,13,14,15);1-3,9H. The molecule has 2 rings (SSSR count). The van der Waals surface area contributed by atoms with Crippen LogP contribution in [0.2, 0.25) is 5.02 Å². The topological polar surface area (TPSA) is 170 Å². The van der Waals surface area contributed by atoms with Crippen LogP contribution in [0.5, 0.6) is 11.5 Å². The number of anilines is 1. The number of carbonyl (C=O) groups excluding carboxylic acids is 1. The SMILES string of the molecule is CC(=O)Nc1c(O)cccc1[As](=O)(O)O.O=[N+]([O-])c1cc(Cl)ccc1O. The van der Waals surface area contributed by atoms with E-state index >= 15 is 0 Å². The second-order valence-electron chi connectivity index (χ2n) is 4.79. The van der Waals surface area contributed by atoms with Gasteiger partial charge in [-0.05, 0) is 12.1 Å². The van der Waals surface area contributed by atoms with Crippen molar-refractivity contribution in [3.05, 3.63) is 51.5 Å². The molecule has 0 radical (unpaired) electrons. The van der Waals surface area contributed by atoms with Gasteiger partial charge >= 0.3 is 93.8 Å². The van der Waals surface area contributed by atoms with E-state index in [1.165, 1.54) is 37.3 Å². The minimum atomic E-state index is -5.14. The molecular formula is C14H14AsClN2O8. The summed E-state index contributed by atoms with van der Waals surface area (Å²) in [6.07, 6.45) is 0. The zero-order valence-electron chi connectivity index (χ0n) is 13.2. The van der Waals surface area contributed by atoms with Gasteiger partial charge in [0.05, 0.1) is 4.92 Å². The molecule has 2 aromatic carbocycles. The number of nitrogens with one attached hydrogen (secondary N) is 1.